The second kappa shape index (κ2) is 9.07. The highest BCUT2D eigenvalue weighted by molar-refractivity contribution is 5.95. The Morgan fingerprint density at radius 3 is 2.41 bits per heavy atom. The van der Waals surface area contributed by atoms with Crippen LogP contribution in [0.15, 0.2) is 79.1 Å². The lowest BCUT2D eigenvalue weighted by atomic mass is 10.00. The minimum atomic E-state index is -0.687. The molecule has 1 unspecified atom stereocenters. The number of anilines is 1. The molecule has 1 aliphatic heterocycles. The van der Waals surface area contributed by atoms with Crippen molar-refractivity contribution in [3.05, 3.63) is 90.3 Å². The molecule has 32 heavy (non-hydrogen) atoms. The van der Waals surface area contributed by atoms with Gasteiger partial charge in [-0.1, -0.05) is 61.5 Å². The Balaban J connectivity index is 1.48. The average molecular weight is 425 g/mol. The Labute approximate surface area is 189 Å². The van der Waals surface area contributed by atoms with Gasteiger partial charge in [0, 0.05) is 55.1 Å². The van der Waals surface area contributed by atoms with Crippen LogP contribution in [0, 0.1) is 0 Å². The summed E-state index contributed by atoms with van der Waals surface area (Å²) in [5.74, 6) is 1.06. The third-order valence-corrected chi connectivity index (χ3v) is 6.36. The van der Waals surface area contributed by atoms with Gasteiger partial charge in [-0.05, 0) is 29.6 Å². The van der Waals surface area contributed by atoms with E-state index in [1.165, 1.54) is 10.8 Å². The molecule has 1 saturated heterocycles. The number of hydrogen-bond donors (Lipinski definition) is 1. The second-order valence-corrected chi connectivity index (χ2v) is 8.28. The van der Waals surface area contributed by atoms with Crippen LogP contribution in [0.2, 0.25) is 0 Å². The number of likely N-dealkylation sites (N-methyl/N-ethyl adjacent to an activating group) is 1. The molecule has 4 aromatic rings. The van der Waals surface area contributed by atoms with Crippen molar-refractivity contribution >= 4 is 16.6 Å². The Bertz CT molecular complexity index is 1190. The van der Waals surface area contributed by atoms with Crippen molar-refractivity contribution < 1.29 is 5.11 Å². The van der Waals surface area contributed by atoms with Gasteiger partial charge >= 0.3 is 0 Å². The van der Waals surface area contributed by atoms with Crippen LogP contribution < -0.4 is 4.90 Å². The average Bonchev–Trinajstić information content (AvgIpc) is 2.88. The number of rotatable bonds is 5. The van der Waals surface area contributed by atoms with Crippen molar-refractivity contribution in [3.8, 4) is 11.3 Å². The summed E-state index contributed by atoms with van der Waals surface area (Å²) in [6, 6.07) is 22.4. The monoisotopic (exact) mass is 424 g/mol. The molecular weight excluding hydrogens is 396 g/mol. The maximum Gasteiger partial charge on any atom is 0.137 e. The predicted molar refractivity (Wildman–Crippen MR) is 130 cm³/mol. The molecule has 0 bridgehead atoms. The standard InChI is InChI=1S/C27H28N4O/c1-2-30-14-16-31(17-15-30)27-24-8-4-3-6-22(24)18-25(29-27)20-9-11-21(12-10-20)26(32)23-7-5-13-28-19-23/h3-13,18-19,26,32H,2,14-17H2,1H3. The fourth-order valence-corrected chi connectivity index (χ4v) is 4.41. The summed E-state index contributed by atoms with van der Waals surface area (Å²) in [6.45, 7) is 7.43. The van der Waals surface area contributed by atoms with Crippen LogP contribution >= 0.6 is 0 Å². The van der Waals surface area contributed by atoms with Crippen LogP contribution in [-0.4, -0.2) is 52.7 Å². The van der Waals surface area contributed by atoms with E-state index < -0.39 is 6.10 Å². The Morgan fingerprint density at radius 2 is 1.69 bits per heavy atom. The van der Waals surface area contributed by atoms with E-state index in [0.717, 1.165) is 60.9 Å². The van der Waals surface area contributed by atoms with Crippen molar-refractivity contribution in [2.24, 2.45) is 0 Å². The Morgan fingerprint density at radius 1 is 0.906 bits per heavy atom. The zero-order chi connectivity index (χ0) is 21.9. The predicted octanol–water partition coefficient (Wildman–Crippen LogP) is 4.52. The molecular formula is C27H28N4O. The summed E-state index contributed by atoms with van der Waals surface area (Å²) in [5, 5.41) is 13.1. The molecule has 3 heterocycles. The first kappa shape index (κ1) is 20.6. The minimum absolute atomic E-state index is 0.687. The highest BCUT2D eigenvalue weighted by atomic mass is 16.3. The molecule has 2 aromatic carbocycles. The third kappa shape index (κ3) is 4.09. The lowest BCUT2D eigenvalue weighted by Crippen LogP contribution is -2.46. The molecule has 0 amide bonds. The third-order valence-electron chi connectivity index (χ3n) is 6.36. The van der Waals surface area contributed by atoms with E-state index in [4.69, 9.17) is 4.98 Å². The molecule has 2 aromatic heterocycles. The number of benzene rings is 2. The Hall–Kier alpha value is -3.28. The van der Waals surface area contributed by atoms with Crippen LogP contribution in [-0.2, 0) is 0 Å². The molecule has 1 N–H and O–H groups in total. The molecule has 5 rings (SSSR count). The first-order chi connectivity index (χ1) is 15.7. The van der Waals surface area contributed by atoms with Gasteiger partial charge in [0.15, 0.2) is 0 Å². The van der Waals surface area contributed by atoms with Crippen LogP contribution in [0.1, 0.15) is 24.2 Å². The topological polar surface area (TPSA) is 52.5 Å². The van der Waals surface area contributed by atoms with Gasteiger partial charge in [-0.2, -0.15) is 0 Å². The van der Waals surface area contributed by atoms with Crippen molar-refractivity contribution in [2.75, 3.05) is 37.6 Å². The summed E-state index contributed by atoms with van der Waals surface area (Å²) >= 11 is 0. The molecule has 1 aliphatic rings. The molecule has 0 aliphatic carbocycles. The minimum Gasteiger partial charge on any atom is -0.384 e. The maximum atomic E-state index is 10.7. The summed E-state index contributed by atoms with van der Waals surface area (Å²) < 4.78 is 0. The number of aliphatic hydroxyl groups excluding tert-OH is 1. The van der Waals surface area contributed by atoms with Gasteiger partial charge in [0.25, 0.3) is 0 Å². The smallest absolute Gasteiger partial charge is 0.137 e. The number of hydrogen-bond acceptors (Lipinski definition) is 5. The molecule has 0 radical (unpaired) electrons. The first-order valence-corrected chi connectivity index (χ1v) is 11.3. The summed E-state index contributed by atoms with van der Waals surface area (Å²) in [5.41, 5.74) is 3.64. The molecule has 0 spiro atoms. The second-order valence-electron chi connectivity index (χ2n) is 8.28. The maximum absolute atomic E-state index is 10.7. The van der Waals surface area contributed by atoms with Gasteiger partial charge in [0.05, 0.1) is 5.69 Å². The zero-order valence-corrected chi connectivity index (χ0v) is 18.4. The number of piperazine rings is 1. The Kier molecular flexibility index (Phi) is 5.84. The van der Waals surface area contributed by atoms with E-state index in [1.807, 2.05) is 36.4 Å². The highest BCUT2D eigenvalue weighted by Crippen LogP contribution is 2.31. The number of fused-ring (bicyclic) bond motifs is 1. The molecule has 0 saturated carbocycles. The number of nitrogens with zero attached hydrogens (tertiary/aromatic N) is 4. The van der Waals surface area contributed by atoms with Gasteiger partial charge < -0.3 is 14.9 Å². The van der Waals surface area contributed by atoms with Crippen LogP contribution in [0.3, 0.4) is 0 Å². The largest absolute Gasteiger partial charge is 0.384 e. The molecule has 5 heteroatoms. The van der Waals surface area contributed by atoms with E-state index in [9.17, 15) is 5.11 Å². The number of aromatic nitrogens is 2. The van der Waals surface area contributed by atoms with Crippen LogP contribution in [0.4, 0.5) is 5.82 Å². The summed E-state index contributed by atoms with van der Waals surface area (Å²) in [6.07, 6.45) is 2.73. The van der Waals surface area contributed by atoms with E-state index in [2.05, 4.69) is 52.0 Å². The molecule has 5 nitrogen and oxygen atoms in total. The van der Waals surface area contributed by atoms with Gasteiger partial charge in [-0.25, -0.2) is 4.98 Å². The van der Waals surface area contributed by atoms with Gasteiger partial charge in [0.2, 0.25) is 0 Å². The summed E-state index contributed by atoms with van der Waals surface area (Å²) in [4.78, 5) is 14.1. The van der Waals surface area contributed by atoms with E-state index in [-0.39, 0.29) is 0 Å². The van der Waals surface area contributed by atoms with E-state index in [0.29, 0.717) is 0 Å². The van der Waals surface area contributed by atoms with Gasteiger partial charge in [-0.15, -0.1) is 0 Å². The fourth-order valence-electron chi connectivity index (χ4n) is 4.41. The SMILES string of the molecule is CCN1CCN(c2nc(-c3ccc(C(O)c4cccnc4)cc3)cc3ccccc23)CC1. The normalized spacial score (nSPS) is 15.8. The van der Waals surface area contributed by atoms with E-state index in [1.54, 1.807) is 12.4 Å². The van der Waals surface area contributed by atoms with Crippen molar-refractivity contribution in [1.29, 1.82) is 0 Å². The number of pyridine rings is 2. The lowest BCUT2D eigenvalue weighted by Gasteiger charge is -2.35. The fraction of sp³-hybridized carbons (Fsp3) is 0.259. The van der Waals surface area contributed by atoms with Gasteiger partial charge in [0.1, 0.15) is 11.9 Å². The van der Waals surface area contributed by atoms with Crippen molar-refractivity contribution in [3.63, 3.8) is 0 Å². The molecule has 1 fully saturated rings. The van der Waals surface area contributed by atoms with Gasteiger partial charge in [-0.3, -0.25) is 4.98 Å². The van der Waals surface area contributed by atoms with Crippen molar-refractivity contribution in [1.82, 2.24) is 14.9 Å². The highest BCUT2D eigenvalue weighted by Gasteiger charge is 2.20. The van der Waals surface area contributed by atoms with E-state index >= 15 is 0 Å². The van der Waals surface area contributed by atoms with Crippen LogP contribution in [0.25, 0.3) is 22.0 Å². The lowest BCUT2D eigenvalue weighted by molar-refractivity contribution is 0.220. The molecule has 1 atom stereocenters. The van der Waals surface area contributed by atoms with Crippen LogP contribution in [0.5, 0.6) is 0 Å². The number of aliphatic hydroxyl groups is 1. The quantitative estimate of drug-likeness (QED) is 0.511. The first-order valence-electron chi connectivity index (χ1n) is 11.3. The van der Waals surface area contributed by atoms with Crippen molar-refractivity contribution in [2.45, 2.75) is 13.0 Å². The molecule has 162 valence electrons. The zero-order valence-electron chi connectivity index (χ0n) is 18.4. The summed E-state index contributed by atoms with van der Waals surface area (Å²) in [7, 11) is 0.